The second kappa shape index (κ2) is 6.75. The van der Waals surface area contributed by atoms with E-state index in [0.717, 1.165) is 11.6 Å². The number of benzene rings is 2. The summed E-state index contributed by atoms with van der Waals surface area (Å²) < 4.78 is 48.4. The maximum atomic E-state index is 14.8. The number of hydrogen-bond acceptors (Lipinski definition) is 3. The molecule has 0 fully saturated rings. The second-order valence-electron chi connectivity index (χ2n) is 6.62. The predicted molar refractivity (Wildman–Crippen MR) is 90.8 cm³/mol. The van der Waals surface area contributed by atoms with Crippen molar-refractivity contribution >= 4 is 0 Å². The molecule has 0 radical (unpaired) electrons. The quantitative estimate of drug-likeness (QED) is 0.771. The minimum Gasteiger partial charge on any atom is -0.359 e. The highest BCUT2D eigenvalue weighted by Crippen LogP contribution is 2.48. The Bertz CT molecular complexity index is 891. The van der Waals surface area contributed by atoms with E-state index in [2.05, 4.69) is 6.07 Å². The van der Waals surface area contributed by atoms with Crippen LogP contribution in [0.1, 0.15) is 35.6 Å². The number of ether oxygens (including phenoxy) is 1. The number of nitrogens with zero attached hydrogens (tertiary/aromatic N) is 2. The molecule has 0 aromatic heterocycles. The van der Waals surface area contributed by atoms with Gasteiger partial charge < -0.3 is 9.64 Å². The van der Waals surface area contributed by atoms with Crippen molar-refractivity contribution in [3.8, 4) is 6.07 Å². The summed E-state index contributed by atoms with van der Waals surface area (Å²) in [5.74, 6) is -4.00. The van der Waals surface area contributed by atoms with Gasteiger partial charge in [0.15, 0.2) is 17.5 Å². The van der Waals surface area contributed by atoms with Crippen LogP contribution >= 0.6 is 0 Å². The lowest BCUT2D eigenvalue weighted by atomic mass is 9.77. The average Bonchev–Trinajstić information content (AvgIpc) is 2.99. The monoisotopic (exact) mass is 360 g/mol. The smallest absolute Gasteiger partial charge is 0.194 e. The van der Waals surface area contributed by atoms with Crippen LogP contribution in [0.3, 0.4) is 0 Å². The minimum atomic E-state index is -1.51. The van der Waals surface area contributed by atoms with Crippen LogP contribution in [-0.2, 0) is 16.9 Å². The fraction of sp³-hybridized carbons (Fsp3) is 0.350. The van der Waals surface area contributed by atoms with Crippen LogP contribution < -0.4 is 0 Å². The van der Waals surface area contributed by atoms with E-state index in [1.165, 1.54) is 6.07 Å². The standard InChI is InChI=1S/C20H19F3N2O/c1-4-17(25(2)3)20(15-7-8-16(21)19(23)18(15)22)14-6-5-12(10-24)9-13(14)11-26-20/h5-9,17H,4,11H2,1-3H3. The van der Waals surface area contributed by atoms with Crippen LogP contribution in [0.4, 0.5) is 13.2 Å². The number of rotatable bonds is 4. The zero-order valence-corrected chi connectivity index (χ0v) is 14.8. The largest absolute Gasteiger partial charge is 0.359 e. The molecule has 3 nitrogen and oxygen atoms in total. The van der Waals surface area contributed by atoms with Gasteiger partial charge in [0.05, 0.1) is 18.2 Å². The number of likely N-dealkylation sites (N-methyl/N-ethyl adjacent to an activating group) is 1. The molecule has 26 heavy (non-hydrogen) atoms. The van der Waals surface area contributed by atoms with Gasteiger partial charge in [-0.05, 0) is 55.9 Å². The summed E-state index contributed by atoms with van der Waals surface area (Å²) >= 11 is 0. The molecule has 0 aliphatic carbocycles. The summed E-state index contributed by atoms with van der Waals surface area (Å²) in [5, 5.41) is 9.12. The molecule has 0 N–H and O–H groups in total. The third kappa shape index (κ3) is 2.59. The molecule has 0 bridgehead atoms. The molecule has 136 valence electrons. The summed E-state index contributed by atoms with van der Waals surface area (Å²) in [6.07, 6.45) is 0.588. The van der Waals surface area contributed by atoms with Crippen LogP contribution in [0, 0.1) is 28.8 Å². The van der Waals surface area contributed by atoms with Gasteiger partial charge in [-0.2, -0.15) is 5.26 Å². The average molecular weight is 360 g/mol. The van der Waals surface area contributed by atoms with Gasteiger partial charge >= 0.3 is 0 Å². The molecule has 2 unspecified atom stereocenters. The van der Waals surface area contributed by atoms with Crippen molar-refractivity contribution in [2.45, 2.75) is 31.6 Å². The van der Waals surface area contributed by atoms with Gasteiger partial charge in [0.2, 0.25) is 0 Å². The van der Waals surface area contributed by atoms with Crippen molar-refractivity contribution in [1.82, 2.24) is 4.90 Å². The topological polar surface area (TPSA) is 36.3 Å². The highest BCUT2D eigenvalue weighted by atomic mass is 19.2. The Balaban J connectivity index is 2.33. The van der Waals surface area contributed by atoms with E-state index >= 15 is 0 Å². The van der Waals surface area contributed by atoms with E-state index in [4.69, 9.17) is 10.00 Å². The molecule has 2 atom stereocenters. The Labute approximate surface area is 150 Å². The second-order valence-corrected chi connectivity index (χ2v) is 6.62. The molecular formula is C20H19F3N2O. The first-order valence-electron chi connectivity index (χ1n) is 8.34. The van der Waals surface area contributed by atoms with Gasteiger partial charge in [0, 0.05) is 11.6 Å². The molecule has 1 aliphatic rings. The van der Waals surface area contributed by atoms with E-state index in [1.807, 2.05) is 25.9 Å². The Morgan fingerprint density at radius 3 is 2.46 bits per heavy atom. The Morgan fingerprint density at radius 2 is 1.85 bits per heavy atom. The van der Waals surface area contributed by atoms with Crippen molar-refractivity contribution in [1.29, 1.82) is 5.26 Å². The zero-order chi connectivity index (χ0) is 19.1. The van der Waals surface area contributed by atoms with Crippen molar-refractivity contribution in [2.24, 2.45) is 0 Å². The number of hydrogen-bond donors (Lipinski definition) is 0. The molecule has 1 aliphatic heterocycles. The van der Waals surface area contributed by atoms with Crippen LogP contribution in [0.25, 0.3) is 0 Å². The maximum Gasteiger partial charge on any atom is 0.194 e. The van der Waals surface area contributed by atoms with E-state index in [-0.39, 0.29) is 18.2 Å². The molecule has 6 heteroatoms. The summed E-state index contributed by atoms with van der Waals surface area (Å²) in [5.41, 5.74) is 0.544. The van der Waals surface area contributed by atoms with Crippen molar-refractivity contribution < 1.29 is 17.9 Å². The Morgan fingerprint density at radius 1 is 1.15 bits per heavy atom. The third-order valence-electron chi connectivity index (χ3n) is 5.00. The van der Waals surface area contributed by atoms with Crippen LogP contribution in [-0.4, -0.2) is 25.0 Å². The van der Waals surface area contributed by atoms with Gasteiger partial charge in [-0.15, -0.1) is 0 Å². The van der Waals surface area contributed by atoms with Crippen LogP contribution in [0.15, 0.2) is 30.3 Å². The first-order valence-corrected chi connectivity index (χ1v) is 8.34. The molecule has 0 saturated carbocycles. The molecular weight excluding hydrogens is 341 g/mol. The van der Waals surface area contributed by atoms with E-state index in [9.17, 15) is 13.2 Å². The highest BCUT2D eigenvalue weighted by Gasteiger charge is 2.50. The van der Waals surface area contributed by atoms with Crippen molar-refractivity contribution in [3.05, 3.63) is 70.0 Å². The lowest BCUT2D eigenvalue weighted by molar-refractivity contribution is -0.0635. The fourth-order valence-electron chi connectivity index (χ4n) is 3.92. The van der Waals surface area contributed by atoms with Crippen LogP contribution in [0.5, 0.6) is 0 Å². The lowest BCUT2D eigenvalue weighted by Crippen LogP contribution is -2.49. The van der Waals surface area contributed by atoms with Crippen molar-refractivity contribution in [3.63, 3.8) is 0 Å². The fourth-order valence-corrected chi connectivity index (χ4v) is 3.92. The summed E-state index contributed by atoms with van der Waals surface area (Å²) in [7, 11) is 3.66. The molecule has 0 amide bonds. The normalized spacial score (nSPS) is 20.1. The molecule has 2 aromatic carbocycles. The van der Waals surface area contributed by atoms with Gasteiger partial charge in [0.1, 0.15) is 5.60 Å². The number of halogens is 3. The van der Waals surface area contributed by atoms with Gasteiger partial charge in [-0.1, -0.05) is 13.0 Å². The molecule has 0 spiro atoms. The van der Waals surface area contributed by atoms with Gasteiger partial charge in [-0.25, -0.2) is 13.2 Å². The maximum absolute atomic E-state index is 14.8. The summed E-state index contributed by atoms with van der Waals surface area (Å²) in [6, 6.07) is 8.94. The predicted octanol–water partition coefficient (Wildman–Crippen LogP) is 4.09. The van der Waals surface area contributed by atoms with E-state index < -0.39 is 23.1 Å². The first kappa shape index (κ1) is 18.4. The van der Waals surface area contributed by atoms with Crippen LogP contribution in [0.2, 0.25) is 0 Å². The highest BCUT2D eigenvalue weighted by molar-refractivity contribution is 5.49. The Hall–Kier alpha value is -2.36. The van der Waals surface area contributed by atoms with E-state index in [1.54, 1.807) is 18.2 Å². The Kier molecular flexibility index (Phi) is 4.78. The third-order valence-corrected chi connectivity index (χ3v) is 5.00. The lowest BCUT2D eigenvalue weighted by Gasteiger charge is -2.41. The minimum absolute atomic E-state index is 0.0413. The summed E-state index contributed by atoms with van der Waals surface area (Å²) in [6.45, 7) is 2.09. The van der Waals surface area contributed by atoms with Gasteiger partial charge in [0.25, 0.3) is 0 Å². The molecule has 1 heterocycles. The first-order chi connectivity index (χ1) is 12.4. The molecule has 3 rings (SSSR count). The number of fused-ring (bicyclic) bond motifs is 1. The molecule has 2 aromatic rings. The summed E-state index contributed by atoms with van der Waals surface area (Å²) in [4.78, 5) is 1.88. The van der Waals surface area contributed by atoms with Gasteiger partial charge in [-0.3, -0.25) is 0 Å². The van der Waals surface area contributed by atoms with E-state index in [0.29, 0.717) is 17.5 Å². The SMILES string of the molecule is CCC(N(C)C)C1(c2ccc(F)c(F)c2F)OCc2cc(C#N)ccc21. The molecule has 0 saturated heterocycles. The van der Waals surface area contributed by atoms with Crippen molar-refractivity contribution in [2.75, 3.05) is 14.1 Å². The zero-order valence-electron chi connectivity index (χ0n) is 14.8. The number of nitriles is 1.